The van der Waals surface area contributed by atoms with E-state index in [1.165, 1.54) is 12.1 Å². The molecular weight excluding hydrogens is 317 g/mol. The fourth-order valence-corrected chi connectivity index (χ4v) is 2.39. The van der Waals surface area contributed by atoms with Crippen molar-refractivity contribution in [2.45, 2.75) is 37.9 Å². The first kappa shape index (κ1) is 18.8. The van der Waals surface area contributed by atoms with E-state index in [9.17, 15) is 18.0 Å². The van der Waals surface area contributed by atoms with Crippen LogP contribution in [0.4, 0.5) is 13.2 Å². The zero-order chi connectivity index (χ0) is 15.3. The van der Waals surface area contributed by atoms with Crippen molar-refractivity contribution in [2.75, 3.05) is 13.1 Å². The summed E-state index contributed by atoms with van der Waals surface area (Å²) in [6.45, 7) is 1.29. The van der Waals surface area contributed by atoms with E-state index in [1.54, 1.807) is 0 Å². The predicted octanol–water partition coefficient (Wildman–Crippen LogP) is 2.93. The first-order valence-electron chi connectivity index (χ1n) is 7.14. The lowest BCUT2D eigenvalue weighted by atomic mass is 10.0. The fraction of sp³-hybridized carbons (Fsp3) is 0.533. The van der Waals surface area contributed by atoms with Gasteiger partial charge in [-0.15, -0.1) is 12.4 Å². The van der Waals surface area contributed by atoms with Gasteiger partial charge in [0.15, 0.2) is 0 Å². The molecule has 1 amide bonds. The summed E-state index contributed by atoms with van der Waals surface area (Å²) in [5, 5.41) is 5.98. The second-order valence-corrected chi connectivity index (χ2v) is 5.24. The summed E-state index contributed by atoms with van der Waals surface area (Å²) < 4.78 is 37.3. The highest BCUT2D eigenvalue weighted by atomic mass is 35.5. The summed E-state index contributed by atoms with van der Waals surface area (Å²) >= 11 is 0. The molecule has 0 saturated carbocycles. The van der Waals surface area contributed by atoms with Crippen molar-refractivity contribution in [2.24, 2.45) is 0 Å². The van der Waals surface area contributed by atoms with Gasteiger partial charge in [0.1, 0.15) is 0 Å². The zero-order valence-electron chi connectivity index (χ0n) is 12.1. The molecule has 0 aliphatic carbocycles. The number of nitrogens with one attached hydrogen (secondary N) is 2. The first-order chi connectivity index (χ1) is 9.97. The van der Waals surface area contributed by atoms with Crippen LogP contribution >= 0.6 is 12.4 Å². The zero-order valence-corrected chi connectivity index (χ0v) is 12.9. The first-order valence-corrected chi connectivity index (χ1v) is 7.14. The second-order valence-electron chi connectivity index (χ2n) is 5.24. The lowest BCUT2D eigenvalue weighted by Gasteiger charge is -2.22. The Hall–Kier alpha value is -1.27. The van der Waals surface area contributed by atoms with Crippen molar-refractivity contribution in [1.82, 2.24) is 10.6 Å². The lowest BCUT2D eigenvalue weighted by molar-refractivity contribution is -0.137. The summed E-state index contributed by atoms with van der Waals surface area (Å²) in [6.07, 6.45) is -0.804. The van der Waals surface area contributed by atoms with E-state index in [1.807, 2.05) is 0 Å². The Morgan fingerprint density at radius 1 is 1.23 bits per heavy atom. The third kappa shape index (κ3) is 5.50. The average Bonchev–Trinajstić information content (AvgIpc) is 2.47. The minimum Gasteiger partial charge on any atom is -0.354 e. The standard InChI is InChI=1S/C15H19F3N2O.ClH/c16-15(17,18)12-6-4-11(5-7-12)8-10-20-14(21)13-3-1-2-9-19-13;/h4-7,13,19H,1-3,8-10H2,(H,20,21);1H/t13-;/m0./s1. The molecule has 1 heterocycles. The highest BCUT2D eigenvalue weighted by molar-refractivity contribution is 5.85. The van der Waals surface area contributed by atoms with Crippen molar-refractivity contribution < 1.29 is 18.0 Å². The van der Waals surface area contributed by atoms with Gasteiger partial charge in [0.2, 0.25) is 5.91 Å². The second kappa shape index (κ2) is 8.39. The van der Waals surface area contributed by atoms with Crippen LogP contribution in [0.15, 0.2) is 24.3 Å². The summed E-state index contributed by atoms with van der Waals surface area (Å²) in [7, 11) is 0. The third-order valence-corrected chi connectivity index (χ3v) is 3.62. The molecule has 0 aromatic heterocycles. The Morgan fingerprint density at radius 3 is 2.45 bits per heavy atom. The number of halogens is 4. The van der Waals surface area contributed by atoms with Gasteiger partial charge < -0.3 is 10.6 Å². The molecule has 2 N–H and O–H groups in total. The van der Waals surface area contributed by atoms with Crippen LogP contribution in [-0.4, -0.2) is 25.0 Å². The van der Waals surface area contributed by atoms with E-state index in [0.29, 0.717) is 13.0 Å². The van der Waals surface area contributed by atoms with Gasteiger partial charge in [-0.25, -0.2) is 0 Å². The summed E-state index contributed by atoms with van der Waals surface area (Å²) in [6, 6.07) is 4.91. The average molecular weight is 337 g/mol. The van der Waals surface area contributed by atoms with Gasteiger partial charge in [0.05, 0.1) is 11.6 Å². The van der Waals surface area contributed by atoms with Crippen LogP contribution in [0.25, 0.3) is 0 Å². The Labute approximate surface area is 134 Å². The third-order valence-electron chi connectivity index (χ3n) is 3.62. The van der Waals surface area contributed by atoms with Crippen LogP contribution in [0.2, 0.25) is 0 Å². The monoisotopic (exact) mass is 336 g/mol. The van der Waals surface area contributed by atoms with E-state index in [4.69, 9.17) is 0 Å². The van der Waals surface area contributed by atoms with Crippen LogP contribution < -0.4 is 10.6 Å². The molecule has 22 heavy (non-hydrogen) atoms. The number of carbonyl (C=O) groups excluding carboxylic acids is 1. The molecule has 0 spiro atoms. The van der Waals surface area contributed by atoms with Crippen LogP contribution in [0.3, 0.4) is 0 Å². The van der Waals surface area contributed by atoms with E-state index < -0.39 is 11.7 Å². The molecule has 1 atom stereocenters. The lowest BCUT2D eigenvalue weighted by Crippen LogP contribution is -2.47. The summed E-state index contributed by atoms with van der Waals surface area (Å²) in [5.74, 6) is -0.0263. The van der Waals surface area contributed by atoms with Gasteiger partial charge in [-0.1, -0.05) is 18.6 Å². The number of rotatable bonds is 4. The Morgan fingerprint density at radius 2 is 1.91 bits per heavy atom. The molecule has 3 nitrogen and oxygen atoms in total. The molecule has 1 saturated heterocycles. The predicted molar refractivity (Wildman–Crippen MR) is 81.0 cm³/mol. The van der Waals surface area contributed by atoms with E-state index >= 15 is 0 Å². The minimum absolute atomic E-state index is 0. The van der Waals surface area contributed by atoms with E-state index in [0.717, 1.165) is 43.5 Å². The van der Waals surface area contributed by atoms with Crippen LogP contribution in [-0.2, 0) is 17.4 Å². The maximum absolute atomic E-state index is 12.4. The maximum Gasteiger partial charge on any atom is 0.416 e. The van der Waals surface area contributed by atoms with Gasteiger partial charge >= 0.3 is 6.18 Å². The van der Waals surface area contributed by atoms with Gasteiger partial charge in [0, 0.05) is 6.54 Å². The van der Waals surface area contributed by atoms with E-state index in [-0.39, 0.29) is 24.4 Å². The van der Waals surface area contributed by atoms with E-state index in [2.05, 4.69) is 10.6 Å². The van der Waals surface area contributed by atoms with Crippen molar-refractivity contribution in [3.8, 4) is 0 Å². The number of hydrogen-bond acceptors (Lipinski definition) is 2. The number of benzene rings is 1. The largest absolute Gasteiger partial charge is 0.416 e. The van der Waals surface area contributed by atoms with Gasteiger partial charge in [-0.2, -0.15) is 13.2 Å². The molecule has 7 heteroatoms. The molecule has 1 aromatic carbocycles. The van der Waals surface area contributed by atoms with Crippen molar-refractivity contribution in [3.63, 3.8) is 0 Å². The fourth-order valence-electron chi connectivity index (χ4n) is 2.39. The molecule has 0 bridgehead atoms. The van der Waals surface area contributed by atoms with Crippen molar-refractivity contribution >= 4 is 18.3 Å². The topological polar surface area (TPSA) is 41.1 Å². The molecule has 1 aliphatic heterocycles. The summed E-state index contributed by atoms with van der Waals surface area (Å²) in [5.41, 5.74) is 0.126. The number of alkyl halides is 3. The SMILES string of the molecule is Cl.O=C(NCCc1ccc(C(F)(F)F)cc1)[C@@H]1CCCCN1. The van der Waals surface area contributed by atoms with Gasteiger partial charge in [-0.05, 0) is 43.5 Å². The number of hydrogen-bond donors (Lipinski definition) is 2. The maximum atomic E-state index is 12.4. The van der Waals surface area contributed by atoms with Gasteiger partial charge in [0.25, 0.3) is 0 Å². The van der Waals surface area contributed by atoms with Gasteiger partial charge in [-0.3, -0.25) is 4.79 Å². The number of carbonyl (C=O) groups is 1. The van der Waals surface area contributed by atoms with Crippen LogP contribution in [0.5, 0.6) is 0 Å². The quantitative estimate of drug-likeness (QED) is 0.887. The molecule has 0 radical (unpaired) electrons. The molecule has 0 unspecified atom stereocenters. The Bertz CT molecular complexity index is 471. The number of amides is 1. The molecule has 124 valence electrons. The van der Waals surface area contributed by atoms with Crippen molar-refractivity contribution in [3.05, 3.63) is 35.4 Å². The Balaban J connectivity index is 0.00000242. The highest BCUT2D eigenvalue weighted by Gasteiger charge is 2.29. The van der Waals surface area contributed by atoms with Crippen LogP contribution in [0.1, 0.15) is 30.4 Å². The smallest absolute Gasteiger partial charge is 0.354 e. The Kier molecular flexibility index (Phi) is 7.16. The molecule has 1 aromatic rings. The van der Waals surface area contributed by atoms with Crippen molar-refractivity contribution in [1.29, 1.82) is 0 Å². The summed E-state index contributed by atoms with van der Waals surface area (Å²) in [4.78, 5) is 11.9. The molecule has 1 aliphatic rings. The molecular formula is C15H20ClF3N2O. The number of piperidine rings is 1. The normalized spacial score (nSPS) is 18.4. The molecule has 1 fully saturated rings. The minimum atomic E-state index is -4.31. The highest BCUT2D eigenvalue weighted by Crippen LogP contribution is 2.29. The van der Waals surface area contributed by atoms with Crippen LogP contribution in [0, 0.1) is 0 Å². The molecule has 2 rings (SSSR count).